The van der Waals surface area contributed by atoms with E-state index in [0.29, 0.717) is 19.5 Å². The standard InChI is InChI=1S/C17H25NO4S/c1-13-4-6-15(7-5-13)23(21,22)11-8-16(19)18-10-9-17(3,20)14(2)12-18/h4-7,14,20H,8-12H2,1-3H3/t14-,17+/m1/s1. The Morgan fingerprint density at radius 1 is 1.35 bits per heavy atom. The molecule has 0 radical (unpaired) electrons. The zero-order chi connectivity index (χ0) is 17.3. The first-order valence-corrected chi connectivity index (χ1v) is 9.56. The maximum atomic E-state index is 12.3. The number of benzene rings is 1. The fourth-order valence-electron chi connectivity index (χ4n) is 2.70. The zero-order valence-electron chi connectivity index (χ0n) is 13.9. The van der Waals surface area contributed by atoms with Crippen LogP contribution in [0.4, 0.5) is 0 Å². The van der Waals surface area contributed by atoms with Gasteiger partial charge in [0.05, 0.1) is 16.2 Å². The lowest BCUT2D eigenvalue weighted by Crippen LogP contribution is -2.51. The predicted molar refractivity (Wildman–Crippen MR) is 88.8 cm³/mol. The molecule has 1 heterocycles. The first-order valence-electron chi connectivity index (χ1n) is 7.91. The highest BCUT2D eigenvalue weighted by atomic mass is 32.2. The van der Waals surface area contributed by atoms with E-state index in [9.17, 15) is 18.3 Å². The number of amides is 1. The van der Waals surface area contributed by atoms with Gasteiger partial charge in [-0.3, -0.25) is 4.79 Å². The fourth-order valence-corrected chi connectivity index (χ4v) is 3.93. The number of nitrogens with zero attached hydrogens (tertiary/aromatic N) is 1. The van der Waals surface area contributed by atoms with Crippen LogP contribution in [0.2, 0.25) is 0 Å². The normalized spacial score (nSPS) is 25.4. The lowest BCUT2D eigenvalue weighted by molar-refractivity contribution is -0.137. The van der Waals surface area contributed by atoms with Crippen LogP contribution >= 0.6 is 0 Å². The summed E-state index contributed by atoms with van der Waals surface area (Å²) in [6.45, 7) is 6.52. The third-order valence-electron chi connectivity index (χ3n) is 4.76. The summed E-state index contributed by atoms with van der Waals surface area (Å²) in [4.78, 5) is 14.2. The zero-order valence-corrected chi connectivity index (χ0v) is 14.8. The van der Waals surface area contributed by atoms with Crippen molar-refractivity contribution in [1.82, 2.24) is 4.90 Å². The molecule has 1 aliphatic heterocycles. The van der Waals surface area contributed by atoms with E-state index in [0.717, 1.165) is 5.56 Å². The molecule has 1 saturated heterocycles. The molecule has 1 aromatic carbocycles. The van der Waals surface area contributed by atoms with E-state index in [2.05, 4.69) is 0 Å². The molecule has 1 aliphatic rings. The van der Waals surface area contributed by atoms with Crippen molar-refractivity contribution < 1.29 is 18.3 Å². The Labute approximate surface area is 138 Å². The van der Waals surface area contributed by atoms with E-state index in [1.165, 1.54) is 0 Å². The summed E-state index contributed by atoms with van der Waals surface area (Å²) in [7, 11) is -3.44. The van der Waals surface area contributed by atoms with Crippen molar-refractivity contribution in [3.63, 3.8) is 0 Å². The minimum atomic E-state index is -3.44. The number of likely N-dealkylation sites (tertiary alicyclic amines) is 1. The van der Waals surface area contributed by atoms with Crippen LogP contribution in [-0.2, 0) is 14.6 Å². The molecule has 1 aromatic rings. The Morgan fingerprint density at radius 2 is 1.96 bits per heavy atom. The molecular formula is C17H25NO4S. The number of hydrogen-bond donors (Lipinski definition) is 1. The number of aryl methyl sites for hydroxylation is 1. The summed E-state index contributed by atoms with van der Waals surface area (Å²) in [6, 6.07) is 6.66. The minimum absolute atomic E-state index is 0.0195. The van der Waals surface area contributed by atoms with E-state index in [1.807, 2.05) is 13.8 Å². The van der Waals surface area contributed by atoms with E-state index in [4.69, 9.17) is 0 Å². The van der Waals surface area contributed by atoms with Gasteiger partial charge in [-0.15, -0.1) is 0 Å². The third kappa shape index (κ3) is 4.32. The van der Waals surface area contributed by atoms with E-state index in [-0.39, 0.29) is 28.9 Å². The Kier molecular flexibility index (Phi) is 5.16. The Balaban J connectivity index is 1.95. The average Bonchev–Trinajstić information content (AvgIpc) is 2.48. The summed E-state index contributed by atoms with van der Waals surface area (Å²) < 4.78 is 24.6. The lowest BCUT2D eigenvalue weighted by atomic mass is 9.84. The molecule has 2 rings (SSSR count). The molecule has 6 heteroatoms. The Morgan fingerprint density at radius 3 is 2.52 bits per heavy atom. The second-order valence-electron chi connectivity index (χ2n) is 6.73. The number of piperidine rings is 1. The van der Waals surface area contributed by atoms with Gasteiger partial charge in [0, 0.05) is 25.4 Å². The molecular weight excluding hydrogens is 314 g/mol. The summed E-state index contributed by atoms with van der Waals surface area (Å²) in [6.07, 6.45) is 0.496. The monoisotopic (exact) mass is 339 g/mol. The average molecular weight is 339 g/mol. The van der Waals surface area contributed by atoms with Crippen molar-refractivity contribution in [1.29, 1.82) is 0 Å². The highest BCUT2D eigenvalue weighted by Gasteiger charge is 2.36. The van der Waals surface area contributed by atoms with Crippen LogP contribution < -0.4 is 0 Å². The van der Waals surface area contributed by atoms with E-state index in [1.54, 1.807) is 36.1 Å². The van der Waals surface area contributed by atoms with Gasteiger partial charge in [-0.25, -0.2) is 8.42 Å². The quantitative estimate of drug-likeness (QED) is 0.907. The number of hydrogen-bond acceptors (Lipinski definition) is 4. The van der Waals surface area contributed by atoms with Crippen molar-refractivity contribution >= 4 is 15.7 Å². The van der Waals surface area contributed by atoms with Crippen molar-refractivity contribution in [3.05, 3.63) is 29.8 Å². The van der Waals surface area contributed by atoms with Gasteiger partial charge in [-0.2, -0.15) is 0 Å². The molecule has 1 amide bonds. The molecule has 128 valence electrons. The number of aliphatic hydroxyl groups is 1. The van der Waals surface area contributed by atoms with Gasteiger partial charge < -0.3 is 10.0 Å². The molecule has 1 N–H and O–H groups in total. The number of carbonyl (C=O) groups is 1. The van der Waals surface area contributed by atoms with Crippen LogP contribution in [0.1, 0.15) is 32.3 Å². The van der Waals surface area contributed by atoms with Crippen LogP contribution in [0, 0.1) is 12.8 Å². The van der Waals surface area contributed by atoms with Crippen LogP contribution in [0.5, 0.6) is 0 Å². The molecule has 0 saturated carbocycles. The van der Waals surface area contributed by atoms with E-state index >= 15 is 0 Å². The van der Waals surface area contributed by atoms with E-state index < -0.39 is 15.4 Å². The first-order chi connectivity index (χ1) is 10.6. The molecule has 0 bridgehead atoms. The van der Waals surface area contributed by atoms with Crippen LogP contribution in [0.3, 0.4) is 0 Å². The smallest absolute Gasteiger partial charge is 0.223 e. The summed E-state index contributed by atoms with van der Waals surface area (Å²) >= 11 is 0. The highest BCUT2D eigenvalue weighted by Crippen LogP contribution is 2.27. The fraction of sp³-hybridized carbons (Fsp3) is 0.588. The van der Waals surface area contributed by atoms with Crippen molar-refractivity contribution in [2.75, 3.05) is 18.8 Å². The molecule has 2 atom stereocenters. The van der Waals surface area contributed by atoms with Gasteiger partial charge in [0.1, 0.15) is 0 Å². The number of sulfone groups is 1. The molecule has 1 fully saturated rings. The summed E-state index contributed by atoms with van der Waals surface area (Å²) in [5.41, 5.74) is 0.236. The third-order valence-corrected chi connectivity index (χ3v) is 6.49. The van der Waals surface area contributed by atoms with Gasteiger partial charge in [0.15, 0.2) is 9.84 Å². The van der Waals surface area contributed by atoms with Crippen LogP contribution in [0.15, 0.2) is 29.2 Å². The number of carbonyl (C=O) groups excluding carboxylic acids is 1. The SMILES string of the molecule is Cc1ccc(S(=O)(=O)CCC(=O)N2CC[C@](C)(O)[C@H](C)C2)cc1. The largest absolute Gasteiger partial charge is 0.390 e. The maximum Gasteiger partial charge on any atom is 0.223 e. The van der Waals surface area contributed by atoms with Gasteiger partial charge in [0.25, 0.3) is 0 Å². The van der Waals surface area contributed by atoms with Gasteiger partial charge in [0.2, 0.25) is 5.91 Å². The minimum Gasteiger partial charge on any atom is -0.390 e. The lowest BCUT2D eigenvalue weighted by Gasteiger charge is -2.41. The van der Waals surface area contributed by atoms with Crippen molar-refractivity contribution in [3.8, 4) is 0 Å². The molecule has 23 heavy (non-hydrogen) atoms. The predicted octanol–water partition coefficient (Wildman–Crippen LogP) is 1.78. The van der Waals surface area contributed by atoms with Crippen molar-refractivity contribution in [2.45, 2.75) is 44.1 Å². The molecule has 0 unspecified atom stereocenters. The molecule has 0 spiro atoms. The molecule has 0 aromatic heterocycles. The van der Waals surface area contributed by atoms with Gasteiger partial charge in [-0.1, -0.05) is 24.6 Å². The Hall–Kier alpha value is -1.40. The van der Waals surface area contributed by atoms with Crippen LogP contribution in [-0.4, -0.2) is 48.8 Å². The van der Waals surface area contributed by atoms with Gasteiger partial charge in [-0.05, 0) is 32.4 Å². The number of rotatable bonds is 4. The van der Waals surface area contributed by atoms with Crippen molar-refractivity contribution in [2.24, 2.45) is 5.92 Å². The summed E-state index contributed by atoms with van der Waals surface area (Å²) in [5.74, 6) is -0.368. The second kappa shape index (κ2) is 6.61. The highest BCUT2D eigenvalue weighted by molar-refractivity contribution is 7.91. The molecule has 5 nitrogen and oxygen atoms in total. The maximum absolute atomic E-state index is 12.3. The summed E-state index contributed by atoms with van der Waals surface area (Å²) in [5, 5.41) is 10.1. The second-order valence-corrected chi connectivity index (χ2v) is 8.84. The topological polar surface area (TPSA) is 74.7 Å². The first kappa shape index (κ1) is 17.9. The molecule has 0 aliphatic carbocycles. The van der Waals surface area contributed by atoms with Gasteiger partial charge >= 0.3 is 0 Å². The Bertz CT molecular complexity index is 664. The van der Waals surface area contributed by atoms with Crippen LogP contribution in [0.25, 0.3) is 0 Å².